The monoisotopic (exact) mass is 387 g/mol. The van der Waals surface area contributed by atoms with E-state index in [-0.39, 0.29) is 23.1 Å². The first-order chi connectivity index (χ1) is 13.5. The lowest BCUT2D eigenvalue weighted by molar-refractivity contribution is 0.0929. The average molecular weight is 388 g/mol. The number of hydrogen-bond donors (Lipinski definition) is 1. The van der Waals surface area contributed by atoms with E-state index in [1.165, 1.54) is 38.6 Å². The molecule has 1 aliphatic carbocycles. The quantitative estimate of drug-likeness (QED) is 0.809. The van der Waals surface area contributed by atoms with Gasteiger partial charge >= 0.3 is 0 Å². The highest BCUT2D eigenvalue weighted by Crippen LogP contribution is 2.26. The fraction of sp³-hybridized carbons (Fsp3) is 0.739. The van der Waals surface area contributed by atoms with Crippen LogP contribution in [0.25, 0.3) is 0 Å². The van der Waals surface area contributed by atoms with Crippen LogP contribution in [0.2, 0.25) is 0 Å². The molecule has 3 rings (SSSR count). The van der Waals surface area contributed by atoms with Gasteiger partial charge < -0.3 is 14.8 Å². The number of aryl methyl sites for hydroxylation is 1. The van der Waals surface area contributed by atoms with E-state index in [0.717, 1.165) is 37.5 Å². The van der Waals surface area contributed by atoms with Gasteiger partial charge in [-0.25, -0.2) is 0 Å². The molecule has 0 spiro atoms. The molecule has 0 bridgehead atoms. The molecule has 2 aliphatic rings. The maximum Gasteiger partial charge on any atom is 0.263 e. The third-order valence-electron chi connectivity index (χ3n) is 6.58. The topological polar surface area (TPSA) is 54.3 Å². The van der Waals surface area contributed by atoms with Crippen molar-refractivity contribution in [1.29, 1.82) is 0 Å². The minimum Gasteiger partial charge on any atom is -0.352 e. The minimum absolute atomic E-state index is 0.0498. The molecule has 1 saturated carbocycles. The molecule has 1 aromatic rings. The molecule has 2 heterocycles. The first kappa shape index (κ1) is 21.1. The van der Waals surface area contributed by atoms with Gasteiger partial charge in [0.15, 0.2) is 0 Å². The molecule has 1 aromatic heterocycles. The molecule has 5 nitrogen and oxygen atoms in total. The van der Waals surface area contributed by atoms with Crippen LogP contribution in [0.5, 0.6) is 0 Å². The van der Waals surface area contributed by atoms with Crippen molar-refractivity contribution in [3.05, 3.63) is 33.7 Å². The van der Waals surface area contributed by atoms with Crippen molar-refractivity contribution in [2.75, 3.05) is 26.2 Å². The molecule has 5 heteroatoms. The van der Waals surface area contributed by atoms with Crippen LogP contribution in [0.1, 0.15) is 80.9 Å². The standard InChI is InChI=1S/C23H37N3O2/c1-17(2)26-18(3)9-10-21(23(26)28)22(27)24-15-19-11-13-25(14-12-19)16-20-7-5-4-6-8-20/h9-10,17,19-20H,4-8,11-16H2,1-3H3,(H,24,27). The van der Waals surface area contributed by atoms with Crippen LogP contribution >= 0.6 is 0 Å². The van der Waals surface area contributed by atoms with E-state index in [1.807, 2.05) is 26.8 Å². The van der Waals surface area contributed by atoms with E-state index in [0.29, 0.717) is 12.5 Å². The molecule has 2 fully saturated rings. The molecule has 0 radical (unpaired) electrons. The Balaban J connectivity index is 1.47. The van der Waals surface area contributed by atoms with Crippen molar-refractivity contribution in [3.63, 3.8) is 0 Å². The third-order valence-corrected chi connectivity index (χ3v) is 6.58. The third kappa shape index (κ3) is 5.25. The lowest BCUT2D eigenvalue weighted by atomic mass is 9.88. The second-order valence-electron chi connectivity index (χ2n) is 9.12. The average Bonchev–Trinajstić information content (AvgIpc) is 2.68. The molecular weight excluding hydrogens is 350 g/mol. The summed E-state index contributed by atoms with van der Waals surface area (Å²) in [5.74, 6) is 1.18. The minimum atomic E-state index is -0.232. The number of amides is 1. The van der Waals surface area contributed by atoms with Crippen molar-refractivity contribution < 1.29 is 4.79 Å². The van der Waals surface area contributed by atoms with E-state index in [2.05, 4.69) is 10.2 Å². The molecule has 1 aliphatic heterocycles. The molecule has 1 N–H and O–H groups in total. The molecule has 0 aromatic carbocycles. The number of nitrogens with zero attached hydrogens (tertiary/aromatic N) is 2. The Morgan fingerprint density at radius 2 is 1.75 bits per heavy atom. The Hall–Kier alpha value is -1.62. The zero-order valence-corrected chi connectivity index (χ0v) is 17.9. The summed E-state index contributed by atoms with van der Waals surface area (Å²) < 4.78 is 1.69. The van der Waals surface area contributed by atoms with Gasteiger partial charge in [-0.1, -0.05) is 19.3 Å². The highest BCUT2D eigenvalue weighted by atomic mass is 16.2. The fourth-order valence-electron chi connectivity index (χ4n) is 4.90. The Morgan fingerprint density at radius 1 is 1.07 bits per heavy atom. The largest absolute Gasteiger partial charge is 0.352 e. The van der Waals surface area contributed by atoms with Crippen molar-refractivity contribution in [2.45, 2.75) is 71.8 Å². The number of aromatic nitrogens is 1. The number of nitrogens with one attached hydrogen (secondary N) is 1. The Labute approximate surface area is 169 Å². The number of hydrogen-bond acceptors (Lipinski definition) is 3. The Kier molecular flexibility index (Phi) is 7.33. The van der Waals surface area contributed by atoms with Crippen LogP contribution < -0.4 is 10.9 Å². The van der Waals surface area contributed by atoms with Crippen LogP contribution in [0, 0.1) is 18.8 Å². The summed E-state index contributed by atoms with van der Waals surface area (Å²) in [7, 11) is 0. The predicted molar refractivity (Wildman–Crippen MR) is 114 cm³/mol. The molecule has 0 unspecified atom stereocenters. The summed E-state index contributed by atoms with van der Waals surface area (Å²) in [5, 5.41) is 3.02. The fourth-order valence-corrected chi connectivity index (χ4v) is 4.90. The van der Waals surface area contributed by atoms with Gasteiger partial charge in [-0.2, -0.15) is 0 Å². The summed E-state index contributed by atoms with van der Waals surface area (Å²) >= 11 is 0. The zero-order chi connectivity index (χ0) is 20.1. The Bertz CT molecular complexity index is 711. The summed E-state index contributed by atoms with van der Waals surface area (Å²) in [4.78, 5) is 27.9. The highest BCUT2D eigenvalue weighted by molar-refractivity contribution is 5.93. The predicted octanol–water partition coefficient (Wildman–Crippen LogP) is 3.76. The first-order valence-electron chi connectivity index (χ1n) is 11.2. The van der Waals surface area contributed by atoms with Gasteiger partial charge in [0.1, 0.15) is 5.56 Å². The summed E-state index contributed by atoms with van der Waals surface area (Å²) in [6.07, 6.45) is 9.31. The molecule has 0 atom stereocenters. The normalized spacial score (nSPS) is 19.9. The van der Waals surface area contributed by atoms with E-state index in [4.69, 9.17) is 0 Å². The van der Waals surface area contributed by atoms with Gasteiger partial charge in [0.25, 0.3) is 11.5 Å². The smallest absolute Gasteiger partial charge is 0.263 e. The van der Waals surface area contributed by atoms with Crippen LogP contribution in [0.4, 0.5) is 0 Å². The van der Waals surface area contributed by atoms with E-state index in [1.54, 1.807) is 10.6 Å². The van der Waals surface area contributed by atoms with Crippen LogP contribution in [0.3, 0.4) is 0 Å². The van der Waals surface area contributed by atoms with E-state index in [9.17, 15) is 9.59 Å². The number of rotatable bonds is 6. The van der Waals surface area contributed by atoms with Crippen molar-refractivity contribution in [2.24, 2.45) is 11.8 Å². The molecular formula is C23H37N3O2. The van der Waals surface area contributed by atoms with Crippen molar-refractivity contribution in [1.82, 2.24) is 14.8 Å². The van der Waals surface area contributed by atoms with Gasteiger partial charge in [-0.15, -0.1) is 0 Å². The van der Waals surface area contributed by atoms with E-state index < -0.39 is 0 Å². The van der Waals surface area contributed by atoms with Gasteiger partial charge in [0, 0.05) is 24.8 Å². The SMILES string of the molecule is Cc1ccc(C(=O)NCC2CCN(CC3CCCCC3)CC2)c(=O)n1C(C)C. The molecule has 1 saturated heterocycles. The molecule has 156 valence electrons. The molecule has 28 heavy (non-hydrogen) atoms. The van der Waals surface area contributed by atoms with Gasteiger partial charge in [-0.05, 0) is 83.5 Å². The van der Waals surface area contributed by atoms with Crippen LogP contribution in [-0.4, -0.2) is 41.6 Å². The van der Waals surface area contributed by atoms with Crippen molar-refractivity contribution >= 4 is 5.91 Å². The number of piperidine rings is 1. The van der Waals surface area contributed by atoms with Crippen molar-refractivity contribution in [3.8, 4) is 0 Å². The number of carbonyl (C=O) groups excluding carboxylic acids is 1. The maximum absolute atomic E-state index is 12.7. The second kappa shape index (κ2) is 9.73. The maximum atomic E-state index is 12.7. The van der Waals surface area contributed by atoms with Gasteiger partial charge in [0.2, 0.25) is 0 Å². The van der Waals surface area contributed by atoms with Gasteiger partial charge in [0.05, 0.1) is 0 Å². The highest BCUT2D eigenvalue weighted by Gasteiger charge is 2.23. The lowest BCUT2D eigenvalue weighted by Gasteiger charge is -2.35. The number of carbonyl (C=O) groups is 1. The van der Waals surface area contributed by atoms with Gasteiger partial charge in [-0.3, -0.25) is 9.59 Å². The summed E-state index contributed by atoms with van der Waals surface area (Å²) in [6, 6.07) is 3.58. The first-order valence-corrected chi connectivity index (χ1v) is 11.2. The number of likely N-dealkylation sites (tertiary alicyclic amines) is 1. The zero-order valence-electron chi connectivity index (χ0n) is 17.9. The second-order valence-corrected chi connectivity index (χ2v) is 9.12. The Morgan fingerprint density at radius 3 is 2.39 bits per heavy atom. The number of pyridine rings is 1. The van der Waals surface area contributed by atoms with Crippen LogP contribution in [-0.2, 0) is 0 Å². The van der Waals surface area contributed by atoms with E-state index >= 15 is 0 Å². The molecule has 1 amide bonds. The van der Waals surface area contributed by atoms with Crippen LogP contribution in [0.15, 0.2) is 16.9 Å². The summed E-state index contributed by atoms with van der Waals surface area (Å²) in [6.45, 7) is 10.1. The lowest BCUT2D eigenvalue weighted by Crippen LogP contribution is -2.41. The summed E-state index contributed by atoms with van der Waals surface area (Å²) in [5.41, 5.74) is 0.964.